The largest absolute Gasteiger partial charge is 0.485 e. The molecule has 188 valence electrons. The van der Waals surface area contributed by atoms with Gasteiger partial charge in [-0.2, -0.15) is 0 Å². The van der Waals surface area contributed by atoms with Crippen molar-refractivity contribution in [2.45, 2.75) is 62.9 Å². The Labute approximate surface area is 217 Å². The highest BCUT2D eigenvalue weighted by molar-refractivity contribution is 5.94. The van der Waals surface area contributed by atoms with Gasteiger partial charge in [0.2, 0.25) is 0 Å². The lowest BCUT2D eigenvalue weighted by molar-refractivity contribution is -0.137. The first-order valence-electron chi connectivity index (χ1n) is 13.2. The Hall–Kier alpha value is -3.86. The van der Waals surface area contributed by atoms with Crippen molar-refractivity contribution in [2.75, 3.05) is 5.73 Å². The fourth-order valence-corrected chi connectivity index (χ4v) is 6.59. The molecule has 2 aliphatic rings. The van der Waals surface area contributed by atoms with Gasteiger partial charge < -0.3 is 15.6 Å². The molecule has 0 saturated heterocycles. The summed E-state index contributed by atoms with van der Waals surface area (Å²) >= 11 is 0. The average Bonchev–Trinajstić information content (AvgIpc) is 3.48. The Bertz CT molecular complexity index is 1490. The molecule has 2 unspecified atom stereocenters. The number of nitrogen functional groups attached to an aromatic ring is 1. The number of carboxylic acids is 1. The van der Waals surface area contributed by atoms with Crippen molar-refractivity contribution in [2.24, 2.45) is 0 Å². The van der Waals surface area contributed by atoms with Gasteiger partial charge in [-0.15, -0.1) is 0 Å². The first kappa shape index (κ1) is 23.5. The number of fused-ring (bicyclic) bond motifs is 3. The summed E-state index contributed by atoms with van der Waals surface area (Å²) in [7, 11) is 0. The number of rotatable bonds is 6. The molecule has 2 atom stereocenters. The number of hydrogen-bond donors (Lipinski definition) is 2. The number of nitrogens with zero attached hydrogens (tertiary/aromatic N) is 1. The SMILES string of the molecule is CC(CC(=O)O)c1ccccc1OC1CC2(CCCC2)c2ccc(-c3ccc4ccnc(N)c4c3)cc21. The summed E-state index contributed by atoms with van der Waals surface area (Å²) < 4.78 is 6.78. The number of ether oxygens (including phenoxy) is 1. The van der Waals surface area contributed by atoms with Gasteiger partial charge in [-0.25, -0.2) is 4.98 Å². The number of pyridine rings is 1. The molecule has 4 aromatic rings. The highest BCUT2D eigenvalue weighted by atomic mass is 16.5. The van der Waals surface area contributed by atoms with Gasteiger partial charge in [0.05, 0.1) is 6.42 Å². The molecular weight excluding hydrogens is 460 g/mol. The van der Waals surface area contributed by atoms with Gasteiger partial charge in [0.1, 0.15) is 17.7 Å². The third kappa shape index (κ3) is 4.22. The third-order valence-electron chi connectivity index (χ3n) is 8.44. The quantitative estimate of drug-likeness (QED) is 0.293. The van der Waals surface area contributed by atoms with Gasteiger partial charge in [-0.05, 0) is 88.1 Å². The maximum atomic E-state index is 11.4. The zero-order valence-corrected chi connectivity index (χ0v) is 21.1. The van der Waals surface area contributed by atoms with Crippen LogP contribution >= 0.6 is 0 Å². The molecule has 2 aliphatic carbocycles. The van der Waals surface area contributed by atoms with Gasteiger partial charge >= 0.3 is 5.97 Å². The summed E-state index contributed by atoms with van der Waals surface area (Å²) in [6.45, 7) is 1.95. The van der Waals surface area contributed by atoms with E-state index in [9.17, 15) is 9.90 Å². The Morgan fingerprint density at radius 1 is 1.08 bits per heavy atom. The molecule has 0 bridgehead atoms. The predicted octanol–water partition coefficient (Wildman–Crippen LogP) is 7.40. The lowest BCUT2D eigenvalue weighted by Crippen LogP contribution is -2.19. The predicted molar refractivity (Wildman–Crippen MR) is 147 cm³/mol. The fraction of sp³-hybridized carbons (Fsp3) is 0.312. The van der Waals surface area contributed by atoms with Crippen molar-refractivity contribution < 1.29 is 14.6 Å². The zero-order valence-electron chi connectivity index (χ0n) is 21.1. The van der Waals surface area contributed by atoms with E-state index >= 15 is 0 Å². The molecule has 5 nitrogen and oxygen atoms in total. The number of anilines is 1. The Morgan fingerprint density at radius 2 is 1.84 bits per heavy atom. The summed E-state index contributed by atoms with van der Waals surface area (Å²) in [6, 6.07) is 23.1. The highest BCUT2D eigenvalue weighted by Crippen LogP contribution is 2.56. The summed E-state index contributed by atoms with van der Waals surface area (Å²) in [6.07, 6.45) is 7.58. The first-order valence-corrected chi connectivity index (χ1v) is 13.2. The molecule has 0 amide bonds. The van der Waals surface area contributed by atoms with E-state index in [1.54, 1.807) is 6.20 Å². The second kappa shape index (κ2) is 9.22. The topological polar surface area (TPSA) is 85.4 Å². The Balaban J connectivity index is 1.40. The molecule has 1 aromatic heterocycles. The summed E-state index contributed by atoms with van der Waals surface area (Å²) in [5, 5.41) is 11.4. The lowest BCUT2D eigenvalue weighted by atomic mass is 9.80. The van der Waals surface area contributed by atoms with Crippen molar-refractivity contribution in [3.8, 4) is 16.9 Å². The maximum absolute atomic E-state index is 11.4. The number of nitrogens with two attached hydrogens (primary N) is 1. The van der Waals surface area contributed by atoms with Crippen LogP contribution in [-0.2, 0) is 10.2 Å². The van der Waals surface area contributed by atoms with E-state index in [0.717, 1.165) is 39.6 Å². The standard InChI is InChI=1S/C32H32N2O3/c1-20(16-30(35)36)24-6-2-3-7-28(24)37-29-19-32(13-4-5-14-32)27-11-10-23(18-26(27)29)22-9-8-21-12-15-34-31(33)25(21)17-22/h2-3,6-12,15,17-18,20,29H,4-5,13-14,16,19H2,1H3,(H2,33,34)(H,35,36). The van der Waals surface area contributed by atoms with Gasteiger partial charge in [-0.1, -0.05) is 62.2 Å². The number of aromatic nitrogens is 1. The molecule has 1 spiro atoms. The smallest absolute Gasteiger partial charge is 0.303 e. The van der Waals surface area contributed by atoms with Crippen LogP contribution in [0.2, 0.25) is 0 Å². The van der Waals surface area contributed by atoms with Crippen molar-refractivity contribution in [1.29, 1.82) is 0 Å². The lowest BCUT2D eigenvalue weighted by Gasteiger charge is -2.25. The molecule has 1 heterocycles. The monoisotopic (exact) mass is 492 g/mol. The summed E-state index contributed by atoms with van der Waals surface area (Å²) in [4.78, 5) is 15.7. The van der Waals surface area contributed by atoms with Crippen LogP contribution in [0.4, 0.5) is 5.82 Å². The number of hydrogen-bond acceptors (Lipinski definition) is 4. The number of carboxylic acid groups (broad SMARTS) is 1. The van der Waals surface area contributed by atoms with E-state index in [2.05, 4.69) is 41.4 Å². The van der Waals surface area contributed by atoms with Gasteiger partial charge in [0.15, 0.2) is 0 Å². The van der Waals surface area contributed by atoms with E-state index in [1.807, 2.05) is 37.3 Å². The second-order valence-electron chi connectivity index (χ2n) is 10.8. The summed E-state index contributed by atoms with van der Waals surface area (Å²) in [5.74, 6) is 0.406. The molecule has 1 fully saturated rings. The van der Waals surface area contributed by atoms with Crippen LogP contribution in [0, 0.1) is 0 Å². The fourth-order valence-electron chi connectivity index (χ4n) is 6.59. The average molecular weight is 493 g/mol. The Kier molecular flexibility index (Phi) is 5.86. The second-order valence-corrected chi connectivity index (χ2v) is 10.8. The number of carbonyl (C=O) groups is 1. The Morgan fingerprint density at radius 3 is 2.65 bits per heavy atom. The highest BCUT2D eigenvalue weighted by Gasteiger charge is 2.46. The van der Waals surface area contributed by atoms with Crippen molar-refractivity contribution in [3.05, 3.63) is 89.6 Å². The van der Waals surface area contributed by atoms with Crippen molar-refractivity contribution in [1.82, 2.24) is 4.98 Å². The molecule has 1 saturated carbocycles. The molecule has 0 radical (unpaired) electrons. The van der Waals surface area contributed by atoms with Crippen LogP contribution in [0.15, 0.2) is 72.9 Å². The van der Waals surface area contributed by atoms with E-state index < -0.39 is 5.97 Å². The van der Waals surface area contributed by atoms with E-state index in [0.29, 0.717) is 5.82 Å². The minimum absolute atomic E-state index is 0.0709. The molecule has 3 aromatic carbocycles. The molecule has 3 N–H and O–H groups in total. The number of aliphatic carboxylic acids is 1. The summed E-state index contributed by atoms with van der Waals surface area (Å²) in [5.41, 5.74) is 12.2. The van der Waals surface area contributed by atoms with Crippen LogP contribution in [0.3, 0.4) is 0 Å². The van der Waals surface area contributed by atoms with E-state index in [4.69, 9.17) is 10.5 Å². The van der Waals surface area contributed by atoms with E-state index in [1.165, 1.54) is 36.8 Å². The molecule has 0 aliphatic heterocycles. The van der Waals surface area contributed by atoms with Crippen LogP contribution in [0.1, 0.15) is 74.2 Å². The molecule has 6 rings (SSSR count). The van der Waals surface area contributed by atoms with Crippen LogP contribution < -0.4 is 10.5 Å². The first-order chi connectivity index (χ1) is 17.9. The number of para-hydroxylation sites is 1. The minimum atomic E-state index is -0.797. The van der Waals surface area contributed by atoms with Gasteiger partial charge in [0.25, 0.3) is 0 Å². The van der Waals surface area contributed by atoms with E-state index in [-0.39, 0.29) is 23.9 Å². The normalized spacial score (nSPS) is 18.7. The molecule has 5 heteroatoms. The number of benzene rings is 3. The molecule has 37 heavy (non-hydrogen) atoms. The van der Waals surface area contributed by atoms with Gasteiger partial charge in [-0.3, -0.25) is 4.79 Å². The van der Waals surface area contributed by atoms with Crippen LogP contribution in [-0.4, -0.2) is 16.1 Å². The van der Waals surface area contributed by atoms with Crippen molar-refractivity contribution in [3.63, 3.8) is 0 Å². The van der Waals surface area contributed by atoms with Crippen LogP contribution in [0.25, 0.3) is 21.9 Å². The maximum Gasteiger partial charge on any atom is 0.303 e. The minimum Gasteiger partial charge on any atom is -0.485 e. The zero-order chi connectivity index (χ0) is 25.6. The third-order valence-corrected chi connectivity index (χ3v) is 8.44. The van der Waals surface area contributed by atoms with Crippen LogP contribution in [0.5, 0.6) is 5.75 Å². The van der Waals surface area contributed by atoms with Crippen molar-refractivity contribution >= 4 is 22.6 Å². The van der Waals surface area contributed by atoms with Gasteiger partial charge in [0, 0.05) is 11.6 Å². The molecular formula is C32H32N2O3.